The summed E-state index contributed by atoms with van der Waals surface area (Å²) in [5.41, 5.74) is 0.968. The first-order valence-electron chi connectivity index (χ1n) is 3.86. The van der Waals surface area contributed by atoms with Gasteiger partial charge in [0.05, 0.1) is 26.8 Å². The largest absolute Gasteiger partial charge is 0.239 e. The van der Waals surface area contributed by atoms with E-state index >= 15 is 0 Å². The molecular formula is C9H5BrN2S2. The van der Waals surface area contributed by atoms with Crippen LogP contribution in [0.1, 0.15) is 5.01 Å². The van der Waals surface area contributed by atoms with E-state index in [1.54, 1.807) is 11.3 Å². The van der Waals surface area contributed by atoms with Crippen molar-refractivity contribution >= 4 is 38.6 Å². The number of aromatic nitrogens is 1. The number of hydrogen-bond acceptors (Lipinski definition) is 4. The Bertz CT molecular complexity index is 481. The highest BCUT2D eigenvalue weighted by atomic mass is 79.9. The molecule has 14 heavy (non-hydrogen) atoms. The average molecular weight is 285 g/mol. The highest BCUT2D eigenvalue weighted by Crippen LogP contribution is 2.31. The number of rotatable bonds is 2. The zero-order valence-electron chi connectivity index (χ0n) is 7.03. The van der Waals surface area contributed by atoms with Gasteiger partial charge in [0.1, 0.15) is 5.01 Å². The van der Waals surface area contributed by atoms with Gasteiger partial charge in [0, 0.05) is 5.38 Å². The fourth-order valence-corrected chi connectivity index (χ4v) is 3.17. The molecule has 0 aromatic carbocycles. The summed E-state index contributed by atoms with van der Waals surface area (Å²) >= 11 is 6.59. The molecule has 0 aliphatic rings. The molecule has 0 atom stereocenters. The molecular weight excluding hydrogens is 280 g/mol. The number of thiophene rings is 1. The van der Waals surface area contributed by atoms with Crippen LogP contribution in [0, 0.1) is 11.3 Å². The minimum Gasteiger partial charge on any atom is -0.239 e. The third-order valence-electron chi connectivity index (χ3n) is 1.61. The zero-order chi connectivity index (χ0) is 9.97. The smallest absolute Gasteiger partial charge is 0.107 e. The number of nitriles is 1. The molecule has 2 aromatic rings. The lowest BCUT2D eigenvalue weighted by Crippen LogP contribution is -1.78. The van der Waals surface area contributed by atoms with E-state index in [0.717, 1.165) is 19.4 Å². The molecule has 5 heteroatoms. The van der Waals surface area contributed by atoms with Crippen molar-refractivity contribution in [3.8, 4) is 16.6 Å². The number of nitrogens with zero attached hydrogens (tertiary/aromatic N) is 2. The van der Waals surface area contributed by atoms with Crippen molar-refractivity contribution in [3.63, 3.8) is 0 Å². The molecule has 2 nitrogen and oxygen atoms in total. The lowest BCUT2D eigenvalue weighted by atomic mass is 10.4. The molecule has 2 rings (SSSR count). The standard InChI is InChI=1S/C9H5BrN2S2/c10-8-2-1-7(14-8)6-5-13-9(12-6)3-4-11/h1-2,5H,3H2. The summed E-state index contributed by atoms with van der Waals surface area (Å²) < 4.78 is 1.10. The molecule has 0 fully saturated rings. The Balaban J connectivity index is 2.30. The van der Waals surface area contributed by atoms with E-state index in [1.165, 1.54) is 11.3 Å². The van der Waals surface area contributed by atoms with Gasteiger partial charge in [0.25, 0.3) is 0 Å². The Labute approximate surface area is 98.0 Å². The van der Waals surface area contributed by atoms with Crippen molar-refractivity contribution in [3.05, 3.63) is 26.3 Å². The van der Waals surface area contributed by atoms with Gasteiger partial charge in [-0.1, -0.05) is 0 Å². The lowest BCUT2D eigenvalue weighted by Gasteiger charge is -1.86. The van der Waals surface area contributed by atoms with E-state index in [1.807, 2.05) is 17.5 Å². The van der Waals surface area contributed by atoms with Crippen LogP contribution in [0.3, 0.4) is 0 Å². The van der Waals surface area contributed by atoms with Crippen LogP contribution in [-0.4, -0.2) is 4.98 Å². The minimum atomic E-state index is 0.400. The molecule has 2 heterocycles. The monoisotopic (exact) mass is 284 g/mol. The minimum absolute atomic E-state index is 0.400. The van der Waals surface area contributed by atoms with E-state index < -0.39 is 0 Å². The van der Waals surface area contributed by atoms with Crippen LogP contribution in [0.15, 0.2) is 21.3 Å². The maximum Gasteiger partial charge on any atom is 0.107 e. The Morgan fingerprint density at radius 1 is 1.50 bits per heavy atom. The van der Waals surface area contributed by atoms with Crippen LogP contribution in [-0.2, 0) is 6.42 Å². The predicted molar refractivity (Wildman–Crippen MR) is 62.4 cm³/mol. The number of thiazole rings is 1. The van der Waals surface area contributed by atoms with Crippen molar-refractivity contribution in [2.45, 2.75) is 6.42 Å². The normalized spacial score (nSPS) is 10.0. The van der Waals surface area contributed by atoms with Gasteiger partial charge in [0.2, 0.25) is 0 Å². The van der Waals surface area contributed by atoms with E-state index in [4.69, 9.17) is 5.26 Å². The Hall–Kier alpha value is -0.700. The molecule has 0 N–H and O–H groups in total. The molecule has 0 saturated carbocycles. The summed E-state index contributed by atoms with van der Waals surface area (Å²) in [7, 11) is 0. The zero-order valence-corrected chi connectivity index (χ0v) is 10.2. The highest BCUT2D eigenvalue weighted by molar-refractivity contribution is 9.11. The molecule has 70 valence electrons. The Morgan fingerprint density at radius 3 is 3.00 bits per heavy atom. The van der Waals surface area contributed by atoms with E-state index in [-0.39, 0.29) is 0 Å². The maximum atomic E-state index is 8.52. The third kappa shape index (κ3) is 2.03. The summed E-state index contributed by atoms with van der Waals surface area (Å²) in [6, 6.07) is 6.13. The van der Waals surface area contributed by atoms with Crippen molar-refractivity contribution in [1.29, 1.82) is 5.26 Å². The second kappa shape index (κ2) is 4.22. The summed E-state index contributed by atoms with van der Waals surface area (Å²) in [6.07, 6.45) is 0.400. The van der Waals surface area contributed by atoms with Crippen LogP contribution in [0.4, 0.5) is 0 Å². The summed E-state index contributed by atoms with van der Waals surface area (Å²) in [4.78, 5) is 5.51. The third-order valence-corrected chi connectivity index (χ3v) is 4.10. The average Bonchev–Trinajstić information content (AvgIpc) is 2.74. The van der Waals surface area contributed by atoms with Crippen molar-refractivity contribution in [2.75, 3.05) is 0 Å². The SMILES string of the molecule is N#CCc1nc(-c2ccc(Br)s2)cs1. The van der Waals surface area contributed by atoms with Crippen molar-refractivity contribution in [2.24, 2.45) is 0 Å². The Kier molecular flexibility index (Phi) is 2.96. The fourth-order valence-electron chi connectivity index (χ4n) is 1.02. The van der Waals surface area contributed by atoms with E-state index in [9.17, 15) is 0 Å². The first kappa shape index (κ1) is 9.84. The molecule has 0 unspecified atom stereocenters. The molecule has 0 saturated heterocycles. The quantitative estimate of drug-likeness (QED) is 0.843. The summed E-state index contributed by atoms with van der Waals surface area (Å²) in [5, 5.41) is 11.4. The summed E-state index contributed by atoms with van der Waals surface area (Å²) in [5.74, 6) is 0. The van der Waals surface area contributed by atoms with Gasteiger partial charge in [-0.2, -0.15) is 5.26 Å². The second-order valence-corrected chi connectivity index (χ2v) is 5.97. The molecule has 0 radical (unpaired) electrons. The number of hydrogen-bond donors (Lipinski definition) is 0. The van der Waals surface area contributed by atoms with Gasteiger partial charge < -0.3 is 0 Å². The maximum absolute atomic E-state index is 8.52. The van der Waals surface area contributed by atoms with E-state index in [2.05, 4.69) is 27.0 Å². The molecule has 0 bridgehead atoms. The van der Waals surface area contributed by atoms with Gasteiger partial charge in [-0.3, -0.25) is 0 Å². The number of halogens is 1. The lowest BCUT2D eigenvalue weighted by molar-refractivity contribution is 1.19. The fraction of sp³-hybridized carbons (Fsp3) is 0.111. The first-order valence-corrected chi connectivity index (χ1v) is 6.35. The highest BCUT2D eigenvalue weighted by Gasteiger charge is 2.06. The van der Waals surface area contributed by atoms with Crippen LogP contribution in [0.25, 0.3) is 10.6 Å². The van der Waals surface area contributed by atoms with Gasteiger partial charge in [0.15, 0.2) is 0 Å². The topological polar surface area (TPSA) is 36.7 Å². The van der Waals surface area contributed by atoms with Gasteiger partial charge in [-0.05, 0) is 28.1 Å². The molecule has 0 aliphatic heterocycles. The predicted octanol–water partition coefficient (Wildman–Crippen LogP) is 3.70. The Morgan fingerprint density at radius 2 is 2.36 bits per heavy atom. The van der Waals surface area contributed by atoms with Crippen LogP contribution in [0.2, 0.25) is 0 Å². The molecule has 2 aromatic heterocycles. The van der Waals surface area contributed by atoms with Crippen LogP contribution in [0.5, 0.6) is 0 Å². The van der Waals surface area contributed by atoms with Gasteiger partial charge in [-0.15, -0.1) is 22.7 Å². The van der Waals surface area contributed by atoms with Gasteiger partial charge in [-0.25, -0.2) is 4.98 Å². The van der Waals surface area contributed by atoms with Gasteiger partial charge >= 0.3 is 0 Å². The molecule has 0 spiro atoms. The van der Waals surface area contributed by atoms with Crippen LogP contribution < -0.4 is 0 Å². The summed E-state index contributed by atoms with van der Waals surface area (Å²) in [6.45, 7) is 0. The molecule has 0 amide bonds. The van der Waals surface area contributed by atoms with Crippen LogP contribution >= 0.6 is 38.6 Å². The van der Waals surface area contributed by atoms with Crippen molar-refractivity contribution < 1.29 is 0 Å². The van der Waals surface area contributed by atoms with E-state index in [0.29, 0.717) is 6.42 Å². The van der Waals surface area contributed by atoms with Crippen molar-refractivity contribution in [1.82, 2.24) is 4.98 Å². The molecule has 0 aliphatic carbocycles. The second-order valence-electron chi connectivity index (χ2n) is 2.57. The first-order chi connectivity index (χ1) is 6.79.